The molecule has 0 radical (unpaired) electrons. The van der Waals surface area contributed by atoms with Crippen molar-refractivity contribution in [3.05, 3.63) is 48.0 Å². The third-order valence-corrected chi connectivity index (χ3v) is 2.35. The average Bonchev–Trinajstić information content (AvgIpc) is 2.34. The molecule has 0 aromatic carbocycles. The molecular formula is C12H13BN2O2. The monoisotopic (exact) mass is 228 g/mol. The standard InChI is InChI=1S/C12H13BN2O2/c1-9-11(5-3-7-14-9)16-13-17-12-6-4-8-15-10(12)2/h3-8,13H,1-2H3. The molecule has 4 nitrogen and oxygen atoms in total. The minimum Gasteiger partial charge on any atom is -0.527 e. The molecule has 0 unspecified atom stereocenters. The smallest absolute Gasteiger partial charge is 0.527 e. The van der Waals surface area contributed by atoms with Crippen molar-refractivity contribution in [3.63, 3.8) is 0 Å². The Labute approximate surface area is 101 Å². The number of pyridine rings is 2. The molecule has 0 atom stereocenters. The maximum absolute atomic E-state index is 5.48. The first-order valence-corrected chi connectivity index (χ1v) is 5.36. The Morgan fingerprint density at radius 1 is 0.882 bits per heavy atom. The summed E-state index contributed by atoms with van der Waals surface area (Å²) in [4.78, 5) is 8.26. The van der Waals surface area contributed by atoms with E-state index in [0.29, 0.717) is 0 Å². The zero-order valence-corrected chi connectivity index (χ0v) is 9.88. The van der Waals surface area contributed by atoms with Crippen LogP contribution in [-0.4, -0.2) is 17.7 Å². The van der Waals surface area contributed by atoms with Crippen LogP contribution in [0.25, 0.3) is 0 Å². The molecule has 5 heteroatoms. The first-order chi connectivity index (χ1) is 8.27. The van der Waals surface area contributed by atoms with Crippen molar-refractivity contribution >= 4 is 7.69 Å². The molecular weight excluding hydrogens is 215 g/mol. The van der Waals surface area contributed by atoms with Crippen LogP contribution in [0.3, 0.4) is 0 Å². The van der Waals surface area contributed by atoms with Gasteiger partial charge < -0.3 is 9.31 Å². The minimum absolute atomic E-state index is 0.152. The Kier molecular flexibility index (Phi) is 3.60. The summed E-state index contributed by atoms with van der Waals surface area (Å²) in [6.45, 7) is 3.79. The molecule has 0 spiro atoms. The van der Waals surface area contributed by atoms with E-state index >= 15 is 0 Å². The Balaban J connectivity index is 1.93. The van der Waals surface area contributed by atoms with Crippen LogP contribution in [-0.2, 0) is 0 Å². The average molecular weight is 228 g/mol. The van der Waals surface area contributed by atoms with E-state index in [-0.39, 0.29) is 7.69 Å². The molecule has 2 rings (SSSR count). The van der Waals surface area contributed by atoms with Gasteiger partial charge in [0.2, 0.25) is 0 Å². The summed E-state index contributed by atoms with van der Waals surface area (Å²) in [6.07, 6.45) is 3.46. The summed E-state index contributed by atoms with van der Waals surface area (Å²) in [7, 11) is 0.152. The highest BCUT2D eigenvalue weighted by molar-refractivity contribution is 6.20. The predicted molar refractivity (Wildman–Crippen MR) is 66.4 cm³/mol. The highest BCUT2D eigenvalue weighted by Gasteiger charge is 2.04. The molecule has 0 aliphatic heterocycles. The van der Waals surface area contributed by atoms with E-state index in [9.17, 15) is 0 Å². The molecule has 0 amide bonds. The Morgan fingerprint density at radius 2 is 1.35 bits per heavy atom. The number of hydrogen-bond donors (Lipinski definition) is 0. The number of aryl methyl sites for hydroxylation is 2. The maximum Gasteiger partial charge on any atom is 0.576 e. The van der Waals surface area contributed by atoms with Crippen LogP contribution in [0.15, 0.2) is 36.7 Å². The SMILES string of the molecule is Cc1ncccc1OBOc1cccnc1C. The predicted octanol–water partition coefficient (Wildman–Crippen LogP) is 1.82. The number of nitrogens with zero attached hydrogens (tertiary/aromatic N) is 2. The summed E-state index contributed by atoms with van der Waals surface area (Å²) in [5.74, 6) is 1.46. The van der Waals surface area contributed by atoms with E-state index in [2.05, 4.69) is 9.97 Å². The van der Waals surface area contributed by atoms with Crippen molar-refractivity contribution in [2.45, 2.75) is 13.8 Å². The van der Waals surface area contributed by atoms with Crippen molar-refractivity contribution in [1.82, 2.24) is 9.97 Å². The molecule has 0 saturated heterocycles. The molecule has 0 aliphatic rings. The lowest BCUT2D eigenvalue weighted by molar-refractivity contribution is 0.452. The summed E-state index contributed by atoms with van der Waals surface area (Å²) in [5.41, 5.74) is 1.69. The first kappa shape index (κ1) is 11.5. The Hall–Kier alpha value is -2.04. The molecule has 86 valence electrons. The molecule has 0 saturated carbocycles. The van der Waals surface area contributed by atoms with Crippen LogP contribution < -0.4 is 9.31 Å². The van der Waals surface area contributed by atoms with Crippen molar-refractivity contribution in [1.29, 1.82) is 0 Å². The Bertz CT molecular complexity index is 460. The highest BCUT2D eigenvalue weighted by Crippen LogP contribution is 2.15. The second kappa shape index (κ2) is 5.34. The van der Waals surface area contributed by atoms with Crippen molar-refractivity contribution in [2.24, 2.45) is 0 Å². The second-order valence-electron chi connectivity index (χ2n) is 3.58. The zero-order chi connectivity index (χ0) is 12.1. The van der Waals surface area contributed by atoms with Gasteiger partial charge in [0.15, 0.2) is 0 Å². The molecule has 2 aromatic heterocycles. The van der Waals surface area contributed by atoms with Gasteiger partial charge >= 0.3 is 7.69 Å². The second-order valence-corrected chi connectivity index (χ2v) is 3.58. The van der Waals surface area contributed by atoms with Gasteiger partial charge in [-0.1, -0.05) is 0 Å². The summed E-state index contributed by atoms with van der Waals surface area (Å²) in [6, 6.07) is 7.39. The van der Waals surface area contributed by atoms with Gasteiger partial charge in [-0.3, -0.25) is 9.97 Å². The molecule has 2 aromatic rings. The fourth-order valence-corrected chi connectivity index (χ4v) is 1.40. The third-order valence-electron chi connectivity index (χ3n) is 2.35. The maximum atomic E-state index is 5.48. The van der Waals surface area contributed by atoms with Crippen LogP contribution >= 0.6 is 0 Å². The lowest BCUT2D eigenvalue weighted by atomic mass is 10.3. The molecule has 0 bridgehead atoms. The zero-order valence-electron chi connectivity index (χ0n) is 9.88. The van der Waals surface area contributed by atoms with Gasteiger partial charge in [-0.15, -0.1) is 0 Å². The van der Waals surface area contributed by atoms with Gasteiger partial charge in [0.25, 0.3) is 0 Å². The Morgan fingerprint density at radius 3 is 1.76 bits per heavy atom. The summed E-state index contributed by atoms with van der Waals surface area (Å²) >= 11 is 0. The number of rotatable bonds is 4. The van der Waals surface area contributed by atoms with Crippen molar-refractivity contribution in [2.75, 3.05) is 0 Å². The van der Waals surface area contributed by atoms with Crippen LogP contribution in [0, 0.1) is 13.8 Å². The van der Waals surface area contributed by atoms with Gasteiger partial charge in [-0.2, -0.15) is 0 Å². The lowest BCUT2D eigenvalue weighted by Crippen LogP contribution is -2.12. The van der Waals surface area contributed by atoms with E-state index < -0.39 is 0 Å². The molecule has 0 N–H and O–H groups in total. The van der Waals surface area contributed by atoms with Gasteiger partial charge in [-0.05, 0) is 38.1 Å². The van der Waals surface area contributed by atoms with Gasteiger partial charge in [0.05, 0.1) is 11.4 Å². The van der Waals surface area contributed by atoms with E-state index in [1.165, 1.54) is 0 Å². The number of aromatic nitrogens is 2. The van der Waals surface area contributed by atoms with Gasteiger partial charge in [-0.25, -0.2) is 0 Å². The fraction of sp³-hybridized carbons (Fsp3) is 0.167. The molecule has 0 aliphatic carbocycles. The van der Waals surface area contributed by atoms with Crippen molar-refractivity contribution in [3.8, 4) is 11.5 Å². The minimum atomic E-state index is 0.152. The molecule has 17 heavy (non-hydrogen) atoms. The van der Waals surface area contributed by atoms with Crippen LogP contribution in [0.1, 0.15) is 11.4 Å². The molecule has 0 fully saturated rings. The first-order valence-electron chi connectivity index (χ1n) is 5.36. The van der Waals surface area contributed by atoms with Gasteiger partial charge in [0.1, 0.15) is 11.5 Å². The van der Waals surface area contributed by atoms with Crippen molar-refractivity contribution < 1.29 is 9.31 Å². The van der Waals surface area contributed by atoms with E-state index in [4.69, 9.17) is 9.31 Å². The topological polar surface area (TPSA) is 44.2 Å². The van der Waals surface area contributed by atoms with Crippen LogP contribution in [0.2, 0.25) is 0 Å². The highest BCUT2D eigenvalue weighted by atomic mass is 16.6. The third kappa shape index (κ3) is 2.97. The van der Waals surface area contributed by atoms with E-state index in [1.807, 2.05) is 38.1 Å². The quantitative estimate of drug-likeness (QED) is 0.748. The van der Waals surface area contributed by atoms with Gasteiger partial charge in [0, 0.05) is 12.4 Å². The van der Waals surface area contributed by atoms with Crippen LogP contribution in [0.4, 0.5) is 0 Å². The van der Waals surface area contributed by atoms with E-state index in [1.54, 1.807) is 12.4 Å². The fourth-order valence-electron chi connectivity index (χ4n) is 1.40. The van der Waals surface area contributed by atoms with E-state index in [0.717, 1.165) is 22.9 Å². The normalized spacial score (nSPS) is 9.76. The largest absolute Gasteiger partial charge is 0.576 e. The number of hydrogen-bond acceptors (Lipinski definition) is 4. The molecule has 2 heterocycles. The lowest BCUT2D eigenvalue weighted by Gasteiger charge is -2.09. The van der Waals surface area contributed by atoms with Crippen LogP contribution in [0.5, 0.6) is 11.5 Å². The summed E-state index contributed by atoms with van der Waals surface area (Å²) < 4.78 is 11.0. The summed E-state index contributed by atoms with van der Waals surface area (Å²) in [5, 5.41) is 0.